The van der Waals surface area contributed by atoms with Crippen LogP contribution in [0, 0.1) is 0 Å². The maximum absolute atomic E-state index is 12.9. The Balaban J connectivity index is 1.53. The number of thioether (sulfide) groups is 1. The molecule has 2 heterocycles. The minimum Gasteiger partial charge on any atom is -0.322 e. The van der Waals surface area contributed by atoms with Crippen LogP contribution in [0.4, 0.5) is 11.4 Å². The molecule has 130 valence electrons. The monoisotopic (exact) mass is 357 g/mol. The van der Waals surface area contributed by atoms with E-state index < -0.39 is 5.54 Å². The van der Waals surface area contributed by atoms with Crippen molar-refractivity contribution in [3.05, 3.63) is 30.1 Å². The summed E-state index contributed by atoms with van der Waals surface area (Å²) in [5, 5.41) is 10.5. The van der Waals surface area contributed by atoms with E-state index in [-0.39, 0.29) is 17.6 Å². The lowest BCUT2D eigenvalue weighted by atomic mass is 9.96. The molecule has 1 aromatic heterocycles. The maximum Gasteiger partial charge on any atom is 0.250 e. The van der Waals surface area contributed by atoms with E-state index in [2.05, 4.69) is 20.5 Å². The Kier molecular flexibility index (Phi) is 3.79. The topological polar surface area (TPSA) is 91.0 Å². The van der Waals surface area contributed by atoms with Gasteiger partial charge in [0.25, 0.3) is 0 Å². The van der Waals surface area contributed by atoms with E-state index >= 15 is 0 Å². The van der Waals surface area contributed by atoms with Crippen LogP contribution in [0.25, 0.3) is 0 Å². The van der Waals surface area contributed by atoms with E-state index in [1.165, 1.54) is 11.8 Å². The van der Waals surface area contributed by atoms with Crippen LogP contribution in [-0.2, 0) is 9.59 Å². The number of fused-ring (bicyclic) bond motifs is 1. The Morgan fingerprint density at radius 1 is 1.36 bits per heavy atom. The molecule has 0 unspecified atom stereocenters. The Hall–Kier alpha value is -2.35. The van der Waals surface area contributed by atoms with Crippen LogP contribution in [0.15, 0.2) is 29.4 Å². The SMILES string of the molecule is CC1(C)C(=O)Nc2ccccc2N1C(=O)CSc1n[nH]c(C2CC2)n1. The van der Waals surface area contributed by atoms with Crippen LogP contribution in [0.5, 0.6) is 0 Å². The molecule has 2 amide bonds. The number of rotatable bonds is 4. The molecule has 1 aromatic carbocycles. The lowest BCUT2D eigenvalue weighted by molar-refractivity contribution is -0.125. The van der Waals surface area contributed by atoms with Crippen molar-refractivity contribution in [2.45, 2.75) is 43.3 Å². The third-order valence-electron chi connectivity index (χ3n) is 4.53. The molecule has 0 atom stereocenters. The molecule has 2 aliphatic rings. The zero-order valence-corrected chi connectivity index (χ0v) is 14.9. The first-order valence-electron chi connectivity index (χ1n) is 8.25. The van der Waals surface area contributed by atoms with Crippen molar-refractivity contribution >= 4 is 35.0 Å². The summed E-state index contributed by atoms with van der Waals surface area (Å²) in [6.45, 7) is 3.50. The Labute approximate surface area is 149 Å². The van der Waals surface area contributed by atoms with Gasteiger partial charge in [0.2, 0.25) is 17.0 Å². The number of aromatic nitrogens is 3. The lowest BCUT2D eigenvalue weighted by Crippen LogP contribution is -2.58. The average molecular weight is 357 g/mol. The molecular formula is C17H19N5O2S. The highest BCUT2D eigenvalue weighted by Gasteiger charge is 2.43. The van der Waals surface area contributed by atoms with Crippen LogP contribution in [0.3, 0.4) is 0 Å². The van der Waals surface area contributed by atoms with Gasteiger partial charge in [-0.05, 0) is 38.8 Å². The number of hydrogen-bond donors (Lipinski definition) is 2. The van der Waals surface area contributed by atoms with Gasteiger partial charge in [0.1, 0.15) is 11.4 Å². The molecule has 8 heteroatoms. The second kappa shape index (κ2) is 5.87. The van der Waals surface area contributed by atoms with E-state index in [4.69, 9.17) is 0 Å². The van der Waals surface area contributed by atoms with Crippen LogP contribution in [0.2, 0.25) is 0 Å². The van der Waals surface area contributed by atoms with Crippen LogP contribution in [0.1, 0.15) is 38.4 Å². The number of para-hydroxylation sites is 2. The van der Waals surface area contributed by atoms with Gasteiger partial charge in [-0.2, -0.15) is 0 Å². The van der Waals surface area contributed by atoms with Gasteiger partial charge < -0.3 is 5.32 Å². The molecule has 0 saturated heterocycles. The van der Waals surface area contributed by atoms with Gasteiger partial charge in [0.05, 0.1) is 17.1 Å². The minimum atomic E-state index is -0.954. The number of aromatic amines is 1. The molecule has 1 fully saturated rings. The highest BCUT2D eigenvalue weighted by molar-refractivity contribution is 7.99. The Morgan fingerprint density at radius 2 is 2.12 bits per heavy atom. The summed E-state index contributed by atoms with van der Waals surface area (Å²) in [7, 11) is 0. The van der Waals surface area contributed by atoms with Crippen LogP contribution in [-0.4, -0.2) is 38.3 Å². The van der Waals surface area contributed by atoms with Crippen molar-refractivity contribution in [3.63, 3.8) is 0 Å². The summed E-state index contributed by atoms with van der Waals surface area (Å²) < 4.78 is 0. The molecule has 1 aliphatic heterocycles. The zero-order valence-electron chi connectivity index (χ0n) is 14.1. The van der Waals surface area contributed by atoms with Crippen LogP contribution >= 0.6 is 11.8 Å². The quantitative estimate of drug-likeness (QED) is 0.821. The normalized spacial score (nSPS) is 18.6. The summed E-state index contributed by atoms with van der Waals surface area (Å²) in [5.41, 5.74) is 0.412. The molecule has 4 rings (SSSR count). The molecule has 0 spiro atoms. The average Bonchev–Trinajstić information content (AvgIpc) is 3.32. The van der Waals surface area contributed by atoms with E-state index in [1.54, 1.807) is 24.8 Å². The minimum absolute atomic E-state index is 0.143. The molecule has 2 N–H and O–H groups in total. The van der Waals surface area contributed by atoms with E-state index in [9.17, 15) is 9.59 Å². The van der Waals surface area contributed by atoms with E-state index in [0.717, 1.165) is 18.7 Å². The summed E-state index contributed by atoms with van der Waals surface area (Å²) in [6, 6.07) is 7.34. The van der Waals surface area contributed by atoms with Gasteiger partial charge in [-0.25, -0.2) is 4.98 Å². The summed E-state index contributed by atoms with van der Waals surface area (Å²) in [6.07, 6.45) is 2.29. The fraction of sp³-hybridized carbons (Fsp3) is 0.412. The molecule has 0 bridgehead atoms. The second-order valence-corrected chi connectivity index (χ2v) is 7.77. The van der Waals surface area contributed by atoms with Crippen LogP contribution < -0.4 is 10.2 Å². The number of benzene rings is 1. The Morgan fingerprint density at radius 3 is 2.88 bits per heavy atom. The largest absolute Gasteiger partial charge is 0.322 e. The van der Waals surface area contributed by atoms with Gasteiger partial charge in [-0.15, -0.1) is 5.10 Å². The molecule has 2 aromatic rings. The highest BCUT2D eigenvalue weighted by Crippen LogP contribution is 2.39. The van der Waals surface area contributed by atoms with E-state index in [1.807, 2.05) is 18.2 Å². The molecule has 0 radical (unpaired) electrons. The smallest absolute Gasteiger partial charge is 0.250 e. The molecule has 1 aliphatic carbocycles. The highest BCUT2D eigenvalue weighted by atomic mass is 32.2. The van der Waals surface area contributed by atoms with Crippen molar-refractivity contribution in [1.29, 1.82) is 0 Å². The van der Waals surface area contributed by atoms with Crippen molar-refractivity contribution in [2.75, 3.05) is 16.0 Å². The summed E-state index contributed by atoms with van der Waals surface area (Å²) >= 11 is 1.29. The second-order valence-electron chi connectivity index (χ2n) is 6.83. The number of anilines is 2. The molecule has 7 nitrogen and oxygen atoms in total. The lowest BCUT2D eigenvalue weighted by Gasteiger charge is -2.42. The number of hydrogen-bond acceptors (Lipinski definition) is 5. The van der Waals surface area contributed by atoms with Crippen molar-refractivity contribution in [2.24, 2.45) is 0 Å². The van der Waals surface area contributed by atoms with Gasteiger partial charge in [0.15, 0.2) is 0 Å². The third kappa shape index (κ3) is 2.90. The summed E-state index contributed by atoms with van der Waals surface area (Å²) in [4.78, 5) is 31.3. The van der Waals surface area contributed by atoms with Crippen molar-refractivity contribution in [3.8, 4) is 0 Å². The summed E-state index contributed by atoms with van der Waals surface area (Å²) in [5.74, 6) is 1.23. The van der Waals surface area contributed by atoms with E-state index in [0.29, 0.717) is 22.4 Å². The number of carbonyl (C=O) groups is 2. The number of amides is 2. The predicted octanol–water partition coefficient (Wildman–Crippen LogP) is 2.54. The number of nitrogens with one attached hydrogen (secondary N) is 2. The third-order valence-corrected chi connectivity index (χ3v) is 5.36. The molecule has 25 heavy (non-hydrogen) atoms. The van der Waals surface area contributed by atoms with Gasteiger partial charge in [0, 0.05) is 5.92 Å². The van der Waals surface area contributed by atoms with Gasteiger partial charge >= 0.3 is 0 Å². The maximum atomic E-state index is 12.9. The first-order valence-corrected chi connectivity index (χ1v) is 9.24. The fourth-order valence-electron chi connectivity index (χ4n) is 2.95. The number of H-pyrrole nitrogens is 1. The number of nitrogens with zero attached hydrogens (tertiary/aromatic N) is 3. The first-order chi connectivity index (χ1) is 12.0. The van der Waals surface area contributed by atoms with Gasteiger partial charge in [-0.3, -0.25) is 19.6 Å². The number of carbonyl (C=O) groups excluding carboxylic acids is 2. The van der Waals surface area contributed by atoms with Crippen molar-refractivity contribution in [1.82, 2.24) is 15.2 Å². The molecule has 1 saturated carbocycles. The molecular weight excluding hydrogens is 338 g/mol. The van der Waals surface area contributed by atoms with Crippen molar-refractivity contribution < 1.29 is 9.59 Å². The zero-order chi connectivity index (χ0) is 17.6. The van der Waals surface area contributed by atoms with Gasteiger partial charge in [-0.1, -0.05) is 23.9 Å². The Bertz CT molecular complexity index is 843. The standard InChI is InChI=1S/C17H19N5O2S/c1-17(2)15(24)18-11-5-3-4-6-12(11)22(17)13(23)9-25-16-19-14(20-21-16)10-7-8-10/h3-6,10H,7-9H2,1-2H3,(H,18,24)(H,19,20,21). The predicted molar refractivity (Wildman–Crippen MR) is 95.7 cm³/mol. The fourth-order valence-corrected chi connectivity index (χ4v) is 3.61. The first kappa shape index (κ1) is 16.1.